The molecule has 0 aliphatic rings. The van der Waals surface area contributed by atoms with Gasteiger partial charge in [0.15, 0.2) is 11.5 Å². The highest BCUT2D eigenvalue weighted by atomic mass is 16.5. The summed E-state index contributed by atoms with van der Waals surface area (Å²) >= 11 is 0. The molecule has 2 rings (SSSR count). The van der Waals surface area contributed by atoms with Crippen LogP contribution in [0.2, 0.25) is 0 Å². The Kier molecular flexibility index (Phi) is 3.90. The van der Waals surface area contributed by atoms with E-state index in [9.17, 15) is 5.11 Å². The van der Waals surface area contributed by atoms with Crippen molar-refractivity contribution in [1.82, 2.24) is 4.98 Å². The summed E-state index contributed by atoms with van der Waals surface area (Å²) in [4.78, 5) is 4.34. The second-order valence-electron chi connectivity index (χ2n) is 4.30. The Labute approximate surface area is 112 Å². The fraction of sp³-hybridized carbons (Fsp3) is 0.267. The predicted molar refractivity (Wildman–Crippen MR) is 72.7 cm³/mol. The van der Waals surface area contributed by atoms with Gasteiger partial charge in [-0.05, 0) is 26.0 Å². The minimum Gasteiger partial charge on any atom is -0.504 e. The highest BCUT2D eigenvalue weighted by Crippen LogP contribution is 2.28. The van der Waals surface area contributed by atoms with Crippen molar-refractivity contribution >= 4 is 0 Å². The fourth-order valence-electron chi connectivity index (χ4n) is 1.94. The zero-order valence-electron chi connectivity index (χ0n) is 11.3. The molecular weight excluding hydrogens is 242 g/mol. The van der Waals surface area contributed by atoms with Crippen LogP contribution in [0.3, 0.4) is 0 Å². The summed E-state index contributed by atoms with van der Waals surface area (Å²) in [6, 6.07) is 6.87. The van der Waals surface area contributed by atoms with E-state index in [1.165, 1.54) is 0 Å². The number of benzene rings is 1. The lowest BCUT2D eigenvalue weighted by atomic mass is 10.1. The normalized spacial score (nSPS) is 10.3. The van der Waals surface area contributed by atoms with Gasteiger partial charge in [-0.2, -0.15) is 0 Å². The van der Waals surface area contributed by atoms with Crippen LogP contribution >= 0.6 is 0 Å². The van der Waals surface area contributed by atoms with Crippen molar-refractivity contribution in [1.29, 1.82) is 0 Å². The second kappa shape index (κ2) is 5.61. The molecule has 0 aliphatic heterocycles. The maximum atomic E-state index is 9.63. The largest absolute Gasteiger partial charge is 0.504 e. The summed E-state index contributed by atoms with van der Waals surface area (Å²) in [5.41, 5.74) is 2.75. The van der Waals surface area contributed by atoms with E-state index in [0.717, 1.165) is 22.6 Å². The Morgan fingerprint density at radius 1 is 1.21 bits per heavy atom. The smallest absolute Gasteiger partial charge is 0.161 e. The van der Waals surface area contributed by atoms with Gasteiger partial charge in [0, 0.05) is 17.3 Å². The van der Waals surface area contributed by atoms with Crippen LogP contribution in [0.5, 0.6) is 17.2 Å². The second-order valence-corrected chi connectivity index (χ2v) is 4.30. The molecule has 1 heterocycles. The van der Waals surface area contributed by atoms with E-state index in [1.807, 2.05) is 19.9 Å². The van der Waals surface area contributed by atoms with Gasteiger partial charge < -0.3 is 14.6 Å². The topological polar surface area (TPSA) is 51.6 Å². The maximum Gasteiger partial charge on any atom is 0.161 e. The van der Waals surface area contributed by atoms with Gasteiger partial charge >= 0.3 is 0 Å². The molecule has 0 unspecified atom stereocenters. The first-order valence-corrected chi connectivity index (χ1v) is 6.03. The molecule has 0 saturated heterocycles. The van der Waals surface area contributed by atoms with Crippen molar-refractivity contribution in [2.45, 2.75) is 20.5 Å². The quantitative estimate of drug-likeness (QED) is 0.917. The summed E-state index contributed by atoms with van der Waals surface area (Å²) in [5, 5.41) is 9.63. The first-order valence-electron chi connectivity index (χ1n) is 6.03. The zero-order valence-corrected chi connectivity index (χ0v) is 11.3. The standard InChI is InChI=1S/C15H17NO3/c1-10-8-16-12(11(2)15(10)18-3)9-19-14-7-5-4-6-13(14)17/h4-8,17H,9H2,1-3H3. The van der Waals surface area contributed by atoms with Crippen LogP contribution in [0.4, 0.5) is 0 Å². The lowest BCUT2D eigenvalue weighted by Gasteiger charge is -2.13. The van der Waals surface area contributed by atoms with E-state index < -0.39 is 0 Å². The molecule has 1 N–H and O–H groups in total. The molecule has 0 aliphatic carbocycles. The Hall–Kier alpha value is -2.23. The molecule has 0 radical (unpaired) electrons. The van der Waals surface area contributed by atoms with Crippen LogP contribution in [-0.2, 0) is 6.61 Å². The van der Waals surface area contributed by atoms with Gasteiger partial charge in [0.2, 0.25) is 0 Å². The van der Waals surface area contributed by atoms with Crippen LogP contribution in [0.25, 0.3) is 0 Å². The molecular formula is C15H17NO3. The Morgan fingerprint density at radius 3 is 2.63 bits per heavy atom. The molecule has 1 aromatic carbocycles. The van der Waals surface area contributed by atoms with Gasteiger partial charge in [-0.3, -0.25) is 4.98 Å². The minimum atomic E-state index is 0.124. The number of hydrogen-bond acceptors (Lipinski definition) is 4. The molecule has 19 heavy (non-hydrogen) atoms. The van der Waals surface area contributed by atoms with Gasteiger partial charge in [-0.15, -0.1) is 0 Å². The number of phenols is 1. The molecule has 0 spiro atoms. The molecule has 0 fully saturated rings. The van der Waals surface area contributed by atoms with Crippen LogP contribution < -0.4 is 9.47 Å². The fourth-order valence-corrected chi connectivity index (χ4v) is 1.94. The van der Waals surface area contributed by atoms with Crippen LogP contribution in [0, 0.1) is 13.8 Å². The molecule has 4 nitrogen and oxygen atoms in total. The van der Waals surface area contributed by atoms with E-state index in [2.05, 4.69) is 4.98 Å². The predicted octanol–water partition coefficient (Wildman–Crippen LogP) is 2.99. The molecule has 0 amide bonds. The molecule has 0 bridgehead atoms. The summed E-state index contributed by atoms with van der Waals surface area (Å²) < 4.78 is 10.9. The van der Waals surface area contributed by atoms with Crippen molar-refractivity contribution in [3.05, 3.63) is 47.3 Å². The maximum absolute atomic E-state index is 9.63. The minimum absolute atomic E-state index is 0.124. The number of rotatable bonds is 4. The van der Waals surface area contributed by atoms with Gasteiger partial charge in [-0.1, -0.05) is 12.1 Å². The Morgan fingerprint density at radius 2 is 1.95 bits per heavy atom. The monoisotopic (exact) mass is 259 g/mol. The molecule has 4 heteroatoms. The first-order chi connectivity index (χ1) is 9.13. The number of hydrogen-bond donors (Lipinski definition) is 1. The van der Waals surface area contributed by atoms with E-state index in [-0.39, 0.29) is 5.75 Å². The average Bonchev–Trinajstić information content (AvgIpc) is 2.40. The van der Waals surface area contributed by atoms with Crippen molar-refractivity contribution in [2.24, 2.45) is 0 Å². The number of pyridine rings is 1. The van der Waals surface area contributed by atoms with E-state index in [4.69, 9.17) is 9.47 Å². The number of phenolic OH excluding ortho intramolecular Hbond substituents is 1. The van der Waals surface area contributed by atoms with Gasteiger partial charge in [0.05, 0.1) is 12.8 Å². The lowest BCUT2D eigenvalue weighted by molar-refractivity contribution is 0.283. The van der Waals surface area contributed by atoms with E-state index >= 15 is 0 Å². The molecule has 0 saturated carbocycles. The zero-order chi connectivity index (χ0) is 13.8. The lowest BCUT2D eigenvalue weighted by Crippen LogP contribution is -2.04. The molecule has 2 aromatic rings. The summed E-state index contributed by atoms with van der Waals surface area (Å²) in [6.45, 7) is 4.19. The number of methoxy groups -OCH3 is 1. The van der Waals surface area contributed by atoms with Gasteiger partial charge in [-0.25, -0.2) is 0 Å². The third kappa shape index (κ3) is 2.78. The number of para-hydroxylation sites is 2. The summed E-state index contributed by atoms with van der Waals surface area (Å²) in [6.07, 6.45) is 1.76. The van der Waals surface area contributed by atoms with E-state index in [0.29, 0.717) is 12.4 Å². The SMILES string of the molecule is COc1c(C)cnc(COc2ccccc2O)c1C. The number of nitrogens with zero attached hydrogens (tertiary/aromatic N) is 1. The highest BCUT2D eigenvalue weighted by Gasteiger charge is 2.10. The van der Waals surface area contributed by atoms with Crippen LogP contribution in [-0.4, -0.2) is 17.2 Å². The van der Waals surface area contributed by atoms with Gasteiger partial charge in [0.25, 0.3) is 0 Å². The molecule has 100 valence electrons. The van der Waals surface area contributed by atoms with Crippen molar-refractivity contribution in [3.63, 3.8) is 0 Å². The first kappa shape index (κ1) is 13.2. The molecule has 0 atom stereocenters. The summed E-state index contributed by atoms with van der Waals surface area (Å²) in [7, 11) is 1.64. The van der Waals surface area contributed by atoms with Crippen LogP contribution in [0.15, 0.2) is 30.5 Å². The summed E-state index contributed by atoms with van der Waals surface area (Å²) in [5.74, 6) is 1.40. The number of aromatic hydroxyl groups is 1. The number of ether oxygens (including phenoxy) is 2. The van der Waals surface area contributed by atoms with Crippen LogP contribution in [0.1, 0.15) is 16.8 Å². The highest BCUT2D eigenvalue weighted by molar-refractivity contribution is 5.42. The third-order valence-corrected chi connectivity index (χ3v) is 2.98. The van der Waals surface area contributed by atoms with Crippen molar-refractivity contribution in [2.75, 3.05) is 7.11 Å². The third-order valence-electron chi connectivity index (χ3n) is 2.98. The number of aromatic nitrogens is 1. The van der Waals surface area contributed by atoms with Crippen molar-refractivity contribution in [3.8, 4) is 17.2 Å². The van der Waals surface area contributed by atoms with E-state index in [1.54, 1.807) is 31.5 Å². The number of aryl methyl sites for hydroxylation is 1. The Bertz CT molecular complexity index is 582. The Balaban J connectivity index is 2.19. The van der Waals surface area contributed by atoms with Crippen molar-refractivity contribution < 1.29 is 14.6 Å². The van der Waals surface area contributed by atoms with Gasteiger partial charge in [0.1, 0.15) is 12.4 Å². The molecule has 1 aromatic heterocycles. The average molecular weight is 259 g/mol.